The van der Waals surface area contributed by atoms with E-state index < -0.39 is 0 Å². The molecule has 5 nitrogen and oxygen atoms in total. The molecule has 5 heteroatoms. The monoisotopic (exact) mass is 319 g/mol. The highest BCUT2D eigenvalue weighted by Gasteiger charge is 2.18. The number of hydrogen-bond donors (Lipinski definition) is 3. The van der Waals surface area contributed by atoms with Crippen LogP contribution in [0.2, 0.25) is 0 Å². The van der Waals surface area contributed by atoms with Crippen LogP contribution in [0.15, 0.2) is 78.9 Å². The number of benzene rings is 3. The zero-order valence-electron chi connectivity index (χ0n) is 12.9. The SMILES string of the molecule is Nc1ccc(N(C(=O)Nc2ccccc2O)c2ccccc2)cc1. The van der Waals surface area contributed by atoms with E-state index in [0.717, 1.165) is 0 Å². The first-order valence-corrected chi connectivity index (χ1v) is 7.45. The summed E-state index contributed by atoms with van der Waals surface area (Å²) in [7, 11) is 0. The van der Waals surface area contributed by atoms with Crippen molar-refractivity contribution in [3.05, 3.63) is 78.9 Å². The minimum atomic E-state index is -0.382. The van der Waals surface area contributed by atoms with Crippen LogP contribution >= 0.6 is 0 Å². The van der Waals surface area contributed by atoms with E-state index in [1.807, 2.05) is 30.3 Å². The number of amides is 2. The molecular weight excluding hydrogens is 302 g/mol. The lowest BCUT2D eigenvalue weighted by Gasteiger charge is -2.23. The molecule has 0 aromatic heterocycles. The van der Waals surface area contributed by atoms with Gasteiger partial charge in [-0.15, -0.1) is 0 Å². The Morgan fingerprint density at radius 2 is 1.42 bits per heavy atom. The molecule has 0 fully saturated rings. The van der Waals surface area contributed by atoms with Gasteiger partial charge < -0.3 is 16.2 Å². The van der Waals surface area contributed by atoms with Gasteiger partial charge in [0.05, 0.1) is 17.1 Å². The van der Waals surface area contributed by atoms with Crippen molar-refractivity contribution >= 4 is 28.8 Å². The van der Waals surface area contributed by atoms with Crippen LogP contribution in [-0.2, 0) is 0 Å². The minimum absolute atomic E-state index is 0.0103. The molecule has 0 radical (unpaired) electrons. The lowest BCUT2D eigenvalue weighted by atomic mass is 10.2. The summed E-state index contributed by atoms with van der Waals surface area (Å²) in [6.07, 6.45) is 0. The van der Waals surface area contributed by atoms with Crippen LogP contribution in [-0.4, -0.2) is 11.1 Å². The van der Waals surface area contributed by atoms with Gasteiger partial charge in [-0.05, 0) is 48.5 Å². The van der Waals surface area contributed by atoms with Gasteiger partial charge in [0, 0.05) is 5.69 Å². The van der Waals surface area contributed by atoms with Crippen LogP contribution in [0.5, 0.6) is 5.75 Å². The Balaban J connectivity index is 1.97. The molecule has 0 spiro atoms. The van der Waals surface area contributed by atoms with Crippen LogP contribution in [0.4, 0.5) is 27.5 Å². The fourth-order valence-electron chi connectivity index (χ4n) is 2.33. The molecule has 120 valence electrons. The second-order valence-corrected chi connectivity index (χ2v) is 5.21. The third-order valence-corrected chi connectivity index (χ3v) is 3.51. The molecule has 3 aromatic carbocycles. The average molecular weight is 319 g/mol. The lowest BCUT2D eigenvalue weighted by Crippen LogP contribution is -2.30. The maximum absolute atomic E-state index is 12.8. The Labute approximate surface area is 140 Å². The van der Waals surface area contributed by atoms with Crippen LogP contribution in [0.25, 0.3) is 0 Å². The number of para-hydroxylation sites is 3. The number of carbonyl (C=O) groups excluding carboxylic acids is 1. The van der Waals surface area contributed by atoms with Crippen molar-refractivity contribution in [3.8, 4) is 5.75 Å². The Kier molecular flexibility index (Phi) is 4.34. The third kappa shape index (κ3) is 3.30. The topological polar surface area (TPSA) is 78.6 Å². The number of nitrogens with one attached hydrogen (secondary N) is 1. The highest BCUT2D eigenvalue weighted by molar-refractivity contribution is 6.07. The first-order chi connectivity index (χ1) is 11.6. The summed E-state index contributed by atoms with van der Waals surface area (Å²) in [4.78, 5) is 14.3. The zero-order valence-corrected chi connectivity index (χ0v) is 12.9. The van der Waals surface area contributed by atoms with Gasteiger partial charge in [-0.1, -0.05) is 30.3 Å². The quantitative estimate of drug-likeness (QED) is 0.496. The van der Waals surface area contributed by atoms with Crippen molar-refractivity contribution < 1.29 is 9.90 Å². The number of anilines is 4. The molecule has 0 aliphatic carbocycles. The molecule has 0 aliphatic heterocycles. The van der Waals surface area contributed by atoms with E-state index in [9.17, 15) is 9.90 Å². The van der Waals surface area contributed by atoms with Crippen molar-refractivity contribution in [2.45, 2.75) is 0 Å². The molecule has 0 aliphatic rings. The van der Waals surface area contributed by atoms with Crippen molar-refractivity contribution in [2.24, 2.45) is 0 Å². The summed E-state index contributed by atoms with van der Waals surface area (Å²) in [6.45, 7) is 0. The number of nitrogen functional groups attached to an aromatic ring is 1. The first-order valence-electron chi connectivity index (χ1n) is 7.45. The van der Waals surface area contributed by atoms with Crippen molar-refractivity contribution in [1.29, 1.82) is 0 Å². The Morgan fingerprint density at radius 3 is 2.08 bits per heavy atom. The first kappa shape index (κ1) is 15.4. The van der Waals surface area contributed by atoms with Gasteiger partial charge in [0.2, 0.25) is 0 Å². The summed E-state index contributed by atoms with van der Waals surface area (Å²) >= 11 is 0. The van der Waals surface area contributed by atoms with E-state index in [4.69, 9.17) is 5.73 Å². The number of carbonyl (C=O) groups is 1. The number of aromatic hydroxyl groups is 1. The number of urea groups is 1. The summed E-state index contributed by atoms with van der Waals surface area (Å²) in [5.74, 6) is 0.0103. The van der Waals surface area contributed by atoms with Gasteiger partial charge in [0.1, 0.15) is 5.75 Å². The molecule has 3 aromatic rings. The molecule has 2 amide bonds. The number of phenols is 1. The predicted molar refractivity (Wildman–Crippen MR) is 96.6 cm³/mol. The number of nitrogens with zero attached hydrogens (tertiary/aromatic N) is 1. The summed E-state index contributed by atoms with van der Waals surface area (Å²) in [5.41, 5.74) is 8.07. The molecular formula is C19H17N3O2. The summed E-state index contributed by atoms with van der Waals surface area (Å²) in [5, 5.41) is 12.6. The van der Waals surface area contributed by atoms with Crippen LogP contribution in [0, 0.1) is 0 Å². The largest absolute Gasteiger partial charge is 0.506 e. The maximum Gasteiger partial charge on any atom is 0.331 e. The molecule has 0 saturated carbocycles. The van der Waals surface area contributed by atoms with Gasteiger partial charge in [-0.3, -0.25) is 4.90 Å². The van der Waals surface area contributed by atoms with E-state index in [2.05, 4.69) is 5.32 Å². The molecule has 0 saturated heterocycles. The second-order valence-electron chi connectivity index (χ2n) is 5.21. The van der Waals surface area contributed by atoms with Gasteiger partial charge in [0.25, 0.3) is 0 Å². The van der Waals surface area contributed by atoms with Crippen molar-refractivity contribution in [1.82, 2.24) is 0 Å². The number of phenolic OH excluding ortho intramolecular Hbond substituents is 1. The van der Waals surface area contributed by atoms with Crippen molar-refractivity contribution in [2.75, 3.05) is 16.0 Å². The Morgan fingerprint density at radius 1 is 0.833 bits per heavy atom. The molecule has 0 bridgehead atoms. The Bertz CT molecular complexity index is 833. The van der Waals surface area contributed by atoms with E-state index in [-0.39, 0.29) is 11.8 Å². The molecule has 3 rings (SSSR count). The number of hydrogen-bond acceptors (Lipinski definition) is 3. The third-order valence-electron chi connectivity index (χ3n) is 3.51. The normalized spacial score (nSPS) is 10.2. The minimum Gasteiger partial charge on any atom is -0.506 e. The van der Waals surface area contributed by atoms with Crippen LogP contribution in [0.1, 0.15) is 0 Å². The molecule has 24 heavy (non-hydrogen) atoms. The molecule has 0 heterocycles. The highest BCUT2D eigenvalue weighted by Crippen LogP contribution is 2.28. The molecule has 4 N–H and O–H groups in total. The summed E-state index contributed by atoms with van der Waals surface area (Å²) < 4.78 is 0. The van der Waals surface area contributed by atoms with Crippen LogP contribution in [0.3, 0.4) is 0 Å². The van der Waals surface area contributed by atoms with E-state index >= 15 is 0 Å². The van der Waals surface area contributed by atoms with E-state index in [0.29, 0.717) is 22.7 Å². The zero-order chi connectivity index (χ0) is 16.9. The van der Waals surface area contributed by atoms with Gasteiger partial charge in [0.15, 0.2) is 0 Å². The van der Waals surface area contributed by atoms with Gasteiger partial charge in [-0.25, -0.2) is 4.79 Å². The predicted octanol–water partition coefficient (Wildman–Crippen LogP) is 4.34. The average Bonchev–Trinajstić information content (AvgIpc) is 2.60. The standard InChI is InChI=1S/C19H17N3O2/c20-14-10-12-16(13-11-14)22(15-6-2-1-3-7-15)19(24)21-17-8-4-5-9-18(17)23/h1-13,23H,20H2,(H,21,24). The maximum atomic E-state index is 12.8. The smallest absolute Gasteiger partial charge is 0.331 e. The van der Waals surface area contributed by atoms with Gasteiger partial charge in [-0.2, -0.15) is 0 Å². The highest BCUT2D eigenvalue weighted by atomic mass is 16.3. The fourth-order valence-corrected chi connectivity index (χ4v) is 2.33. The number of nitrogens with two attached hydrogens (primary N) is 1. The second kappa shape index (κ2) is 6.75. The van der Waals surface area contributed by atoms with Crippen LogP contribution < -0.4 is 16.0 Å². The molecule has 0 unspecified atom stereocenters. The lowest BCUT2D eigenvalue weighted by molar-refractivity contribution is 0.259. The number of rotatable bonds is 3. The Hall–Kier alpha value is -3.47. The summed E-state index contributed by atoms with van der Waals surface area (Å²) in [6, 6.07) is 22.5. The van der Waals surface area contributed by atoms with Crippen molar-refractivity contribution in [3.63, 3.8) is 0 Å². The fraction of sp³-hybridized carbons (Fsp3) is 0. The van der Waals surface area contributed by atoms with E-state index in [1.54, 1.807) is 42.5 Å². The molecule has 0 atom stereocenters. The van der Waals surface area contributed by atoms with Gasteiger partial charge >= 0.3 is 6.03 Å². The van der Waals surface area contributed by atoms with E-state index in [1.165, 1.54) is 11.0 Å².